The summed E-state index contributed by atoms with van der Waals surface area (Å²) < 4.78 is 40.3. The zero-order valence-electron chi connectivity index (χ0n) is 10.5. The molecule has 0 spiro atoms. The number of anilines is 1. The van der Waals surface area contributed by atoms with Crippen LogP contribution in [0.4, 0.5) is 10.1 Å². The number of halogens is 2. The molecule has 2 rings (SSSR count). The van der Waals surface area contributed by atoms with Crippen molar-refractivity contribution in [1.29, 1.82) is 0 Å². The molecule has 0 saturated carbocycles. The molecular weight excluding hydrogens is 323 g/mol. The Kier molecular flexibility index (Phi) is 4.33. The van der Waals surface area contributed by atoms with Gasteiger partial charge in [0.25, 0.3) is 0 Å². The van der Waals surface area contributed by atoms with Gasteiger partial charge in [-0.3, -0.25) is 0 Å². The minimum absolute atomic E-state index is 0.0660. The van der Waals surface area contributed by atoms with Gasteiger partial charge in [0.1, 0.15) is 4.90 Å². The highest BCUT2D eigenvalue weighted by Crippen LogP contribution is 2.25. The summed E-state index contributed by atoms with van der Waals surface area (Å²) in [6, 6.07) is 5.89. The summed E-state index contributed by atoms with van der Waals surface area (Å²) in [5.41, 5.74) is 5.08. The quantitative estimate of drug-likeness (QED) is 0.844. The van der Waals surface area contributed by atoms with Crippen LogP contribution in [-0.2, 0) is 16.6 Å². The van der Waals surface area contributed by atoms with Gasteiger partial charge < -0.3 is 5.73 Å². The second kappa shape index (κ2) is 5.69. The molecule has 0 radical (unpaired) electrons. The van der Waals surface area contributed by atoms with Crippen LogP contribution in [0, 0.1) is 12.7 Å². The molecular formula is C12H12ClFN2O2S2. The van der Waals surface area contributed by atoms with Crippen molar-refractivity contribution in [1.82, 2.24) is 4.72 Å². The SMILES string of the molecule is Cc1ccc(CNS(=O)(=O)c2cc(Cl)cc(N)c2F)s1. The van der Waals surface area contributed by atoms with Gasteiger partial charge in [-0.1, -0.05) is 11.6 Å². The van der Waals surface area contributed by atoms with E-state index in [4.69, 9.17) is 17.3 Å². The van der Waals surface area contributed by atoms with Gasteiger partial charge in [-0.25, -0.2) is 17.5 Å². The predicted molar refractivity (Wildman–Crippen MR) is 78.9 cm³/mol. The number of nitrogen functional groups attached to an aromatic ring is 1. The van der Waals surface area contributed by atoms with E-state index in [0.717, 1.165) is 15.8 Å². The van der Waals surface area contributed by atoms with Crippen LogP contribution < -0.4 is 10.5 Å². The van der Waals surface area contributed by atoms with E-state index < -0.39 is 20.7 Å². The smallest absolute Gasteiger partial charge is 0.243 e. The van der Waals surface area contributed by atoms with Gasteiger partial charge >= 0.3 is 0 Å². The normalized spacial score (nSPS) is 11.8. The second-order valence-corrected chi connectivity index (χ2v) is 7.69. The summed E-state index contributed by atoms with van der Waals surface area (Å²) in [5, 5.41) is 0.0660. The first-order valence-electron chi connectivity index (χ1n) is 5.59. The maximum atomic E-state index is 13.8. The second-order valence-electron chi connectivity index (χ2n) is 4.14. The average Bonchev–Trinajstić information content (AvgIpc) is 2.77. The first-order chi connectivity index (χ1) is 9.29. The Labute approximate surface area is 125 Å². The Morgan fingerprint density at radius 3 is 2.70 bits per heavy atom. The van der Waals surface area contributed by atoms with Crippen LogP contribution >= 0.6 is 22.9 Å². The van der Waals surface area contributed by atoms with E-state index in [1.165, 1.54) is 17.4 Å². The van der Waals surface area contributed by atoms with E-state index in [2.05, 4.69) is 4.72 Å². The standard InChI is InChI=1S/C12H12ClFN2O2S2/c1-7-2-3-9(19-7)6-16-20(17,18)11-5-8(13)4-10(15)12(11)14/h2-5,16H,6,15H2,1H3. The molecule has 108 valence electrons. The van der Waals surface area contributed by atoms with Crippen molar-refractivity contribution in [2.24, 2.45) is 0 Å². The molecule has 0 aliphatic rings. The maximum Gasteiger partial charge on any atom is 0.243 e. The number of hydrogen-bond acceptors (Lipinski definition) is 4. The first-order valence-corrected chi connectivity index (χ1v) is 8.27. The van der Waals surface area contributed by atoms with Crippen molar-refractivity contribution in [2.45, 2.75) is 18.4 Å². The highest BCUT2D eigenvalue weighted by Gasteiger charge is 2.21. The summed E-state index contributed by atoms with van der Waals surface area (Å²) in [5.74, 6) is -0.996. The van der Waals surface area contributed by atoms with Crippen LogP contribution in [0.1, 0.15) is 9.75 Å². The monoisotopic (exact) mass is 334 g/mol. The van der Waals surface area contributed by atoms with Gasteiger partial charge in [0.05, 0.1) is 5.69 Å². The number of nitrogens with two attached hydrogens (primary N) is 1. The third-order valence-electron chi connectivity index (χ3n) is 2.55. The first kappa shape index (κ1) is 15.2. The summed E-state index contributed by atoms with van der Waals surface area (Å²) in [6.45, 7) is 2.01. The zero-order valence-corrected chi connectivity index (χ0v) is 12.9. The van der Waals surface area contributed by atoms with Crippen LogP contribution in [0.2, 0.25) is 5.02 Å². The number of rotatable bonds is 4. The molecule has 1 heterocycles. The fourth-order valence-corrected chi connectivity index (χ4v) is 3.95. The zero-order chi connectivity index (χ0) is 14.9. The highest BCUT2D eigenvalue weighted by molar-refractivity contribution is 7.89. The Morgan fingerprint density at radius 2 is 2.10 bits per heavy atom. The molecule has 0 amide bonds. The predicted octanol–water partition coefficient (Wildman–Crippen LogP) is 2.91. The molecule has 0 bridgehead atoms. The molecule has 3 N–H and O–H groups in total. The largest absolute Gasteiger partial charge is 0.396 e. The molecule has 4 nitrogen and oxygen atoms in total. The van der Waals surface area contributed by atoms with Crippen LogP contribution in [0.25, 0.3) is 0 Å². The molecule has 0 saturated heterocycles. The summed E-state index contributed by atoms with van der Waals surface area (Å²) >= 11 is 7.17. The van der Waals surface area contributed by atoms with Crippen LogP contribution in [0.5, 0.6) is 0 Å². The van der Waals surface area contributed by atoms with Gasteiger partial charge in [-0.2, -0.15) is 0 Å². The maximum absolute atomic E-state index is 13.8. The van der Waals surface area contributed by atoms with Crippen LogP contribution in [0.15, 0.2) is 29.2 Å². The molecule has 2 aromatic rings. The average molecular weight is 335 g/mol. The minimum atomic E-state index is -4.01. The minimum Gasteiger partial charge on any atom is -0.396 e. The number of thiophene rings is 1. The highest BCUT2D eigenvalue weighted by atomic mass is 35.5. The molecule has 0 aliphatic carbocycles. The Hall–Kier alpha value is -1.15. The Morgan fingerprint density at radius 1 is 1.40 bits per heavy atom. The molecule has 0 unspecified atom stereocenters. The van der Waals surface area contributed by atoms with E-state index in [9.17, 15) is 12.8 Å². The lowest BCUT2D eigenvalue weighted by atomic mass is 10.3. The van der Waals surface area contributed by atoms with Gasteiger partial charge in [0.2, 0.25) is 10.0 Å². The molecule has 20 heavy (non-hydrogen) atoms. The fourth-order valence-electron chi connectivity index (χ4n) is 1.60. The Balaban J connectivity index is 2.27. The van der Waals surface area contributed by atoms with E-state index in [1.54, 1.807) is 0 Å². The van der Waals surface area contributed by atoms with Crippen LogP contribution in [0.3, 0.4) is 0 Å². The van der Waals surface area contributed by atoms with Gasteiger partial charge in [0.15, 0.2) is 5.82 Å². The number of sulfonamides is 1. The summed E-state index contributed by atoms with van der Waals surface area (Å²) in [4.78, 5) is 1.36. The molecule has 1 aromatic carbocycles. The van der Waals surface area contributed by atoms with E-state index in [-0.39, 0.29) is 17.3 Å². The van der Waals surface area contributed by atoms with E-state index >= 15 is 0 Å². The number of hydrogen-bond donors (Lipinski definition) is 2. The van der Waals surface area contributed by atoms with Gasteiger partial charge in [-0.05, 0) is 31.2 Å². The molecule has 8 heteroatoms. The van der Waals surface area contributed by atoms with Crippen molar-refractivity contribution in [3.63, 3.8) is 0 Å². The Bertz CT molecular complexity index is 744. The van der Waals surface area contributed by atoms with E-state index in [0.29, 0.717) is 0 Å². The summed E-state index contributed by atoms with van der Waals surface area (Å²) in [6.07, 6.45) is 0. The van der Waals surface area contributed by atoms with Crippen molar-refractivity contribution in [2.75, 3.05) is 5.73 Å². The molecule has 0 atom stereocenters. The van der Waals surface area contributed by atoms with Gasteiger partial charge in [0, 0.05) is 21.3 Å². The van der Waals surface area contributed by atoms with Crippen molar-refractivity contribution >= 4 is 38.6 Å². The van der Waals surface area contributed by atoms with Crippen molar-refractivity contribution < 1.29 is 12.8 Å². The molecule has 0 aliphatic heterocycles. The fraction of sp³-hybridized carbons (Fsp3) is 0.167. The number of aryl methyl sites for hydroxylation is 1. The van der Waals surface area contributed by atoms with Crippen LogP contribution in [-0.4, -0.2) is 8.42 Å². The lowest BCUT2D eigenvalue weighted by molar-refractivity contribution is 0.559. The summed E-state index contributed by atoms with van der Waals surface area (Å²) in [7, 11) is -4.01. The number of nitrogens with one attached hydrogen (secondary N) is 1. The third kappa shape index (κ3) is 3.29. The third-order valence-corrected chi connectivity index (χ3v) is 5.17. The van der Waals surface area contributed by atoms with Crippen molar-refractivity contribution in [3.05, 3.63) is 44.9 Å². The molecule has 1 aromatic heterocycles. The van der Waals surface area contributed by atoms with Crippen molar-refractivity contribution in [3.8, 4) is 0 Å². The lowest BCUT2D eigenvalue weighted by Crippen LogP contribution is -2.24. The topological polar surface area (TPSA) is 72.2 Å². The van der Waals surface area contributed by atoms with Gasteiger partial charge in [-0.15, -0.1) is 11.3 Å². The van der Waals surface area contributed by atoms with E-state index in [1.807, 2.05) is 19.1 Å². The molecule has 0 fully saturated rings. The lowest BCUT2D eigenvalue weighted by Gasteiger charge is -2.09. The number of benzene rings is 1.